The molecule has 0 aliphatic carbocycles. The van der Waals surface area contributed by atoms with Gasteiger partial charge in [0.05, 0.1) is 16.0 Å². The Bertz CT molecular complexity index is 354. The number of hydrogen-bond donors (Lipinski definition) is 1. The average Bonchev–Trinajstić information content (AvgIpc) is 2.09. The van der Waals surface area contributed by atoms with E-state index in [1.54, 1.807) is 19.2 Å². The van der Waals surface area contributed by atoms with Crippen LogP contribution in [0.3, 0.4) is 0 Å². The van der Waals surface area contributed by atoms with Crippen LogP contribution in [0.1, 0.15) is 6.92 Å². The smallest absolute Gasteiger partial charge is 0.141 e. The molecule has 4 heteroatoms. The SMILES string of the molecule is CC#CCNc1ncc(Cl)cc1Br. The number of hydrogen-bond acceptors (Lipinski definition) is 2. The lowest BCUT2D eigenvalue weighted by Crippen LogP contribution is -2.01. The van der Waals surface area contributed by atoms with Gasteiger partial charge in [-0.1, -0.05) is 17.5 Å². The Kier molecular flexibility index (Phi) is 4.07. The Labute approximate surface area is 90.8 Å². The topological polar surface area (TPSA) is 24.9 Å². The number of nitrogens with zero attached hydrogens (tertiary/aromatic N) is 1. The third kappa shape index (κ3) is 3.25. The van der Waals surface area contributed by atoms with Crippen molar-refractivity contribution in [2.45, 2.75) is 6.92 Å². The fourth-order valence-corrected chi connectivity index (χ4v) is 1.54. The van der Waals surface area contributed by atoms with Gasteiger partial charge in [-0.25, -0.2) is 4.98 Å². The van der Waals surface area contributed by atoms with Crippen molar-refractivity contribution in [2.75, 3.05) is 11.9 Å². The van der Waals surface area contributed by atoms with Crippen molar-refractivity contribution >= 4 is 33.3 Å². The highest BCUT2D eigenvalue weighted by atomic mass is 79.9. The molecule has 1 heterocycles. The third-order valence-electron chi connectivity index (χ3n) is 1.33. The molecule has 0 saturated carbocycles. The van der Waals surface area contributed by atoms with Crippen LogP contribution in [0.15, 0.2) is 16.7 Å². The van der Waals surface area contributed by atoms with E-state index in [0.717, 1.165) is 10.3 Å². The van der Waals surface area contributed by atoms with Crippen LogP contribution in [0, 0.1) is 11.8 Å². The summed E-state index contributed by atoms with van der Waals surface area (Å²) in [5.74, 6) is 6.43. The van der Waals surface area contributed by atoms with Crippen molar-refractivity contribution < 1.29 is 0 Å². The Balaban J connectivity index is 2.70. The lowest BCUT2D eigenvalue weighted by Gasteiger charge is -2.03. The molecule has 68 valence electrons. The summed E-state index contributed by atoms with van der Waals surface area (Å²) in [4.78, 5) is 4.09. The van der Waals surface area contributed by atoms with Gasteiger partial charge in [0, 0.05) is 6.20 Å². The van der Waals surface area contributed by atoms with Gasteiger partial charge in [0.25, 0.3) is 0 Å². The van der Waals surface area contributed by atoms with E-state index in [1.165, 1.54) is 0 Å². The lowest BCUT2D eigenvalue weighted by molar-refractivity contribution is 1.23. The van der Waals surface area contributed by atoms with Crippen molar-refractivity contribution in [2.24, 2.45) is 0 Å². The highest BCUT2D eigenvalue weighted by Crippen LogP contribution is 2.22. The molecule has 0 aromatic carbocycles. The molecule has 0 aliphatic rings. The molecule has 0 atom stereocenters. The van der Waals surface area contributed by atoms with E-state index in [4.69, 9.17) is 11.6 Å². The van der Waals surface area contributed by atoms with Crippen LogP contribution >= 0.6 is 27.5 Å². The molecule has 0 unspecified atom stereocenters. The first-order chi connectivity index (χ1) is 6.24. The first-order valence-electron chi connectivity index (χ1n) is 3.68. The summed E-state index contributed by atoms with van der Waals surface area (Å²) in [5, 5.41) is 3.66. The van der Waals surface area contributed by atoms with E-state index in [9.17, 15) is 0 Å². The molecule has 0 aliphatic heterocycles. The molecular formula is C9H8BrClN2. The van der Waals surface area contributed by atoms with Gasteiger partial charge in [0.2, 0.25) is 0 Å². The highest BCUT2D eigenvalue weighted by Gasteiger charge is 1.99. The molecule has 0 fully saturated rings. The maximum atomic E-state index is 5.73. The number of pyridine rings is 1. The minimum atomic E-state index is 0.587. The second kappa shape index (κ2) is 5.11. The number of rotatable bonds is 2. The minimum absolute atomic E-state index is 0.587. The van der Waals surface area contributed by atoms with E-state index >= 15 is 0 Å². The summed E-state index contributed by atoms with van der Waals surface area (Å²) >= 11 is 9.07. The van der Waals surface area contributed by atoms with Gasteiger partial charge in [-0.2, -0.15) is 0 Å². The van der Waals surface area contributed by atoms with E-state index in [2.05, 4.69) is 38.1 Å². The van der Waals surface area contributed by atoms with Crippen LogP contribution in [0.4, 0.5) is 5.82 Å². The molecule has 0 spiro atoms. The van der Waals surface area contributed by atoms with Gasteiger partial charge in [-0.05, 0) is 28.9 Å². The van der Waals surface area contributed by atoms with Crippen LogP contribution in [0.2, 0.25) is 5.02 Å². The molecule has 2 nitrogen and oxygen atoms in total. The van der Waals surface area contributed by atoms with Crippen LogP contribution in [-0.4, -0.2) is 11.5 Å². The van der Waals surface area contributed by atoms with Crippen LogP contribution in [0.25, 0.3) is 0 Å². The van der Waals surface area contributed by atoms with Crippen LogP contribution in [-0.2, 0) is 0 Å². The third-order valence-corrected chi connectivity index (χ3v) is 2.14. The highest BCUT2D eigenvalue weighted by molar-refractivity contribution is 9.10. The van der Waals surface area contributed by atoms with Crippen molar-refractivity contribution in [1.29, 1.82) is 0 Å². The Morgan fingerprint density at radius 1 is 1.69 bits per heavy atom. The van der Waals surface area contributed by atoms with E-state index in [1.807, 2.05) is 0 Å². The number of nitrogens with one attached hydrogen (secondary N) is 1. The number of aromatic nitrogens is 1. The van der Waals surface area contributed by atoms with Crippen LogP contribution < -0.4 is 5.32 Å². The molecule has 0 amide bonds. The van der Waals surface area contributed by atoms with E-state index in [0.29, 0.717) is 11.6 Å². The fourth-order valence-electron chi connectivity index (χ4n) is 0.761. The minimum Gasteiger partial charge on any atom is -0.358 e. The van der Waals surface area contributed by atoms with Crippen molar-refractivity contribution in [3.05, 3.63) is 21.8 Å². The molecule has 0 bridgehead atoms. The molecule has 1 aromatic heterocycles. The maximum absolute atomic E-state index is 5.73. The second-order valence-corrected chi connectivity index (χ2v) is 3.56. The summed E-state index contributed by atoms with van der Waals surface area (Å²) < 4.78 is 0.845. The summed E-state index contributed by atoms with van der Waals surface area (Å²) in [6.45, 7) is 2.38. The monoisotopic (exact) mass is 258 g/mol. The zero-order valence-corrected chi connectivity index (χ0v) is 9.41. The number of halogens is 2. The predicted molar refractivity (Wildman–Crippen MR) is 58.9 cm³/mol. The lowest BCUT2D eigenvalue weighted by atomic mass is 10.4. The molecular weight excluding hydrogens is 251 g/mol. The molecule has 1 aromatic rings. The molecule has 1 rings (SSSR count). The summed E-state index contributed by atoms with van der Waals surface area (Å²) in [5.41, 5.74) is 0. The zero-order valence-electron chi connectivity index (χ0n) is 7.06. The largest absolute Gasteiger partial charge is 0.358 e. The zero-order chi connectivity index (χ0) is 9.68. The van der Waals surface area contributed by atoms with Gasteiger partial charge in [-0.3, -0.25) is 0 Å². The standard InChI is InChI=1S/C9H8BrClN2/c1-2-3-4-12-9-8(10)5-7(11)6-13-9/h5-6H,4H2,1H3,(H,12,13). The van der Waals surface area contributed by atoms with Gasteiger partial charge in [-0.15, -0.1) is 5.92 Å². The van der Waals surface area contributed by atoms with Crippen molar-refractivity contribution in [3.63, 3.8) is 0 Å². The second-order valence-electron chi connectivity index (χ2n) is 2.26. The Hall–Kier alpha value is -0.720. The average molecular weight is 260 g/mol. The Morgan fingerprint density at radius 3 is 3.08 bits per heavy atom. The predicted octanol–water partition coefficient (Wildman–Crippen LogP) is 2.93. The summed E-state index contributed by atoms with van der Waals surface area (Å²) in [7, 11) is 0. The summed E-state index contributed by atoms with van der Waals surface area (Å²) in [6, 6.07) is 1.79. The van der Waals surface area contributed by atoms with E-state index < -0.39 is 0 Å². The van der Waals surface area contributed by atoms with E-state index in [-0.39, 0.29) is 0 Å². The fraction of sp³-hybridized carbons (Fsp3) is 0.222. The van der Waals surface area contributed by atoms with Crippen molar-refractivity contribution in [3.8, 4) is 11.8 Å². The van der Waals surface area contributed by atoms with Gasteiger partial charge < -0.3 is 5.32 Å². The van der Waals surface area contributed by atoms with Crippen LogP contribution in [0.5, 0.6) is 0 Å². The summed E-state index contributed by atoms with van der Waals surface area (Å²) in [6.07, 6.45) is 1.59. The van der Waals surface area contributed by atoms with Gasteiger partial charge in [0.15, 0.2) is 0 Å². The molecule has 1 N–H and O–H groups in total. The maximum Gasteiger partial charge on any atom is 0.141 e. The Morgan fingerprint density at radius 2 is 2.46 bits per heavy atom. The normalized spacial score (nSPS) is 8.85. The molecule has 13 heavy (non-hydrogen) atoms. The first kappa shape index (κ1) is 10.4. The van der Waals surface area contributed by atoms with Crippen molar-refractivity contribution in [1.82, 2.24) is 4.98 Å². The number of anilines is 1. The molecule has 0 saturated heterocycles. The first-order valence-corrected chi connectivity index (χ1v) is 4.85. The molecule has 0 radical (unpaired) electrons. The van der Waals surface area contributed by atoms with Gasteiger partial charge in [0.1, 0.15) is 5.82 Å². The quantitative estimate of drug-likeness (QED) is 0.826. The van der Waals surface area contributed by atoms with Gasteiger partial charge >= 0.3 is 0 Å².